The average molecular weight is 248 g/mol. The zero-order valence-electron chi connectivity index (χ0n) is 8.66. The molecule has 0 N–H and O–H groups in total. The molecule has 4 nitrogen and oxygen atoms in total. The first-order chi connectivity index (χ1) is 8.17. The second-order valence-electron chi connectivity index (χ2n) is 3.64. The van der Waals surface area contributed by atoms with Crippen molar-refractivity contribution in [1.29, 1.82) is 0 Å². The molecule has 1 aliphatic carbocycles. The molecule has 0 aromatic heterocycles. The van der Waals surface area contributed by atoms with Crippen LogP contribution in [0.2, 0.25) is 0 Å². The van der Waals surface area contributed by atoms with E-state index in [2.05, 4.69) is 57.2 Å². The molecule has 2 aromatic rings. The molecule has 17 heavy (non-hydrogen) atoms. The van der Waals surface area contributed by atoms with Gasteiger partial charge in [0.25, 0.3) is 0 Å². The summed E-state index contributed by atoms with van der Waals surface area (Å²) in [4.78, 5) is 0. The highest BCUT2D eigenvalue weighted by atomic mass is 32.3. The fraction of sp³-hybridized carbons (Fsp3) is 0. The zero-order chi connectivity index (χ0) is 11.9. The zero-order valence-corrected chi connectivity index (χ0v) is 9.48. The molecule has 0 atom stereocenters. The summed E-state index contributed by atoms with van der Waals surface area (Å²) in [5, 5.41) is 0. The van der Waals surface area contributed by atoms with E-state index in [0.717, 1.165) is 0 Å². The first-order valence-corrected chi connectivity index (χ1v) is 6.32. The first-order valence-electron chi connectivity index (χ1n) is 4.99. The third kappa shape index (κ3) is 1.95. The van der Waals surface area contributed by atoms with E-state index in [4.69, 9.17) is 0 Å². The van der Waals surface area contributed by atoms with Crippen LogP contribution in [0.5, 0.6) is 0 Å². The second-order valence-corrected chi connectivity index (χ2v) is 4.72. The first kappa shape index (κ1) is 10.5. The largest absolute Gasteiger partial charge is 0.455 e. The summed E-state index contributed by atoms with van der Waals surface area (Å²) < 4.78 is 25.3. The minimum Gasteiger partial charge on any atom is -0.164 e. The van der Waals surface area contributed by atoms with E-state index in [-0.39, 0.29) is 0 Å². The molecule has 1 saturated heterocycles. The highest BCUT2D eigenvalue weighted by molar-refractivity contribution is 7.85. The van der Waals surface area contributed by atoms with Gasteiger partial charge in [0, 0.05) is 0 Å². The lowest BCUT2D eigenvalue weighted by molar-refractivity contribution is 0.0850. The molecule has 0 amide bonds. The SMILES string of the molecule is O=S1(=O)OO1.c1ccc2c(c1)-c1ccccc1-2. The summed E-state index contributed by atoms with van der Waals surface area (Å²) in [6.07, 6.45) is 0. The predicted octanol–water partition coefficient (Wildman–Crippen LogP) is 2.53. The van der Waals surface area contributed by atoms with Crippen molar-refractivity contribution in [1.82, 2.24) is 0 Å². The standard InChI is InChI=1S/C12H8.O4S/c1-2-6-10-9(5-1)11-7-3-4-8-12(10)11;1-5(2)3-4-5/h1-8H;. The molecule has 86 valence electrons. The molecule has 0 radical (unpaired) electrons. The van der Waals surface area contributed by atoms with Crippen LogP contribution in [-0.2, 0) is 19.1 Å². The van der Waals surface area contributed by atoms with Gasteiger partial charge in [0.1, 0.15) is 0 Å². The topological polar surface area (TPSA) is 59.2 Å². The fourth-order valence-corrected chi connectivity index (χ4v) is 2.05. The van der Waals surface area contributed by atoms with Crippen molar-refractivity contribution in [2.24, 2.45) is 0 Å². The molecule has 5 heteroatoms. The molecule has 0 unspecified atom stereocenters. The molecular weight excluding hydrogens is 240 g/mol. The van der Waals surface area contributed by atoms with Crippen LogP contribution in [0, 0.1) is 0 Å². The Morgan fingerprint density at radius 3 is 1.06 bits per heavy atom. The number of benzene rings is 2. The van der Waals surface area contributed by atoms with Crippen LogP contribution in [0.25, 0.3) is 22.3 Å². The highest BCUT2D eigenvalue weighted by Gasteiger charge is 2.31. The summed E-state index contributed by atoms with van der Waals surface area (Å²) in [5.74, 6) is 0. The molecule has 1 aliphatic heterocycles. The second kappa shape index (κ2) is 3.66. The van der Waals surface area contributed by atoms with Crippen LogP contribution in [0.15, 0.2) is 48.5 Å². The highest BCUT2D eigenvalue weighted by Crippen LogP contribution is 2.46. The van der Waals surface area contributed by atoms with Crippen LogP contribution in [0.4, 0.5) is 0 Å². The van der Waals surface area contributed by atoms with Gasteiger partial charge < -0.3 is 0 Å². The maximum absolute atomic E-state index is 9.30. The maximum Gasteiger partial charge on any atom is 0.455 e. The van der Waals surface area contributed by atoms with Gasteiger partial charge in [-0.1, -0.05) is 57.2 Å². The Balaban J connectivity index is 0.000000153. The van der Waals surface area contributed by atoms with Crippen LogP contribution in [-0.4, -0.2) is 8.42 Å². The van der Waals surface area contributed by atoms with E-state index in [1.54, 1.807) is 0 Å². The van der Waals surface area contributed by atoms with Crippen molar-refractivity contribution < 1.29 is 17.1 Å². The van der Waals surface area contributed by atoms with Crippen LogP contribution >= 0.6 is 0 Å². The minimum atomic E-state index is -3.42. The molecule has 2 aliphatic rings. The van der Waals surface area contributed by atoms with E-state index in [0.29, 0.717) is 0 Å². The molecule has 0 spiro atoms. The van der Waals surface area contributed by atoms with Crippen molar-refractivity contribution in [2.45, 2.75) is 0 Å². The van der Waals surface area contributed by atoms with E-state index >= 15 is 0 Å². The average Bonchev–Trinajstić information content (AvgIpc) is 3.02. The summed E-state index contributed by atoms with van der Waals surface area (Å²) >= 11 is 0. The lowest BCUT2D eigenvalue weighted by atomic mass is 9.81. The number of hydrogen-bond acceptors (Lipinski definition) is 4. The smallest absolute Gasteiger partial charge is 0.164 e. The van der Waals surface area contributed by atoms with Gasteiger partial charge in [0.05, 0.1) is 0 Å². The third-order valence-corrected chi connectivity index (χ3v) is 2.97. The Morgan fingerprint density at radius 1 is 0.647 bits per heavy atom. The lowest BCUT2D eigenvalue weighted by Gasteiger charge is -2.22. The number of fused-ring (bicyclic) bond motifs is 4. The molecule has 0 saturated carbocycles. The van der Waals surface area contributed by atoms with Gasteiger partial charge in [-0.15, -0.1) is 0 Å². The normalized spacial score (nSPS) is 16.7. The van der Waals surface area contributed by atoms with Gasteiger partial charge >= 0.3 is 10.4 Å². The van der Waals surface area contributed by atoms with E-state index in [1.807, 2.05) is 0 Å². The van der Waals surface area contributed by atoms with E-state index in [9.17, 15) is 8.42 Å². The fourth-order valence-electron chi connectivity index (χ4n) is 1.87. The Hall–Kier alpha value is -1.69. The van der Waals surface area contributed by atoms with E-state index < -0.39 is 10.4 Å². The number of rotatable bonds is 0. The monoisotopic (exact) mass is 248 g/mol. The quantitative estimate of drug-likeness (QED) is 0.453. The summed E-state index contributed by atoms with van der Waals surface area (Å²) in [5.41, 5.74) is 5.59. The van der Waals surface area contributed by atoms with Crippen LogP contribution in [0.1, 0.15) is 0 Å². The van der Waals surface area contributed by atoms with Gasteiger partial charge in [-0.05, 0) is 22.3 Å². The van der Waals surface area contributed by atoms with Gasteiger partial charge in [-0.25, -0.2) is 0 Å². The number of hydrogen-bond donors (Lipinski definition) is 0. The van der Waals surface area contributed by atoms with Crippen molar-refractivity contribution in [2.75, 3.05) is 0 Å². The Morgan fingerprint density at radius 2 is 0.882 bits per heavy atom. The third-order valence-electron chi connectivity index (χ3n) is 2.61. The van der Waals surface area contributed by atoms with Crippen LogP contribution in [0.3, 0.4) is 0 Å². The molecular formula is C12H8O4S. The summed E-state index contributed by atoms with van der Waals surface area (Å²) in [6.45, 7) is 0. The van der Waals surface area contributed by atoms with Gasteiger partial charge in [0.15, 0.2) is 0 Å². The van der Waals surface area contributed by atoms with Crippen molar-refractivity contribution in [3.8, 4) is 22.3 Å². The van der Waals surface area contributed by atoms with Crippen molar-refractivity contribution >= 4 is 10.4 Å². The minimum absolute atomic E-state index is 1.40. The molecule has 4 rings (SSSR count). The van der Waals surface area contributed by atoms with Crippen molar-refractivity contribution in [3.05, 3.63) is 48.5 Å². The molecule has 2 aromatic carbocycles. The van der Waals surface area contributed by atoms with Gasteiger partial charge in [-0.3, -0.25) is 0 Å². The molecule has 0 bridgehead atoms. The Kier molecular flexibility index (Phi) is 2.25. The van der Waals surface area contributed by atoms with Crippen LogP contribution < -0.4 is 0 Å². The maximum atomic E-state index is 9.30. The molecule has 1 fully saturated rings. The summed E-state index contributed by atoms with van der Waals surface area (Å²) in [7, 11) is -3.42. The predicted molar refractivity (Wildman–Crippen MR) is 62.0 cm³/mol. The Labute approximate surface area is 98.7 Å². The van der Waals surface area contributed by atoms with E-state index in [1.165, 1.54) is 22.3 Å². The lowest BCUT2D eigenvalue weighted by Crippen LogP contribution is -1.96. The van der Waals surface area contributed by atoms with Gasteiger partial charge in [0.2, 0.25) is 0 Å². The van der Waals surface area contributed by atoms with Crippen molar-refractivity contribution in [3.63, 3.8) is 0 Å². The summed E-state index contributed by atoms with van der Waals surface area (Å²) in [6, 6.07) is 17.1. The Bertz CT molecular complexity index is 566. The molecule has 1 heterocycles. The van der Waals surface area contributed by atoms with Gasteiger partial charge in [-0.2, -0.15) is 8.42 Å².